The van der Waals surface area contributed by atoms with Gasteiger partial charge in [-0.25, -0.2) is 4.98 Å². The van der Waals surface area contributed by atoms with Crippen molar-refractivity contribution in [3.8, 4) is 28.5 Å². The number of rotatable bonds is 5. The van der Waals surface area contributed by atoms with E-state index in [1.54, 1.807) is 7.11 Å². The van der Waals surface area contributed by atoms with Crippen LogP contribution in [-0.2, 0) is 6.42 Å². The highest BCUT2D eigenvalue weighted by Gasteiger charge is 2.48. The first-order chi connectivity index (χ1) is 20.0. The predicted octanol–water partition coefficient (Wildman–Crippen LogP) is 8.71. The van der Waals surface area contributed by atoms with Gasteiger partial charge < -0.3 is 14.2 Å². The van der Waals surface area contributed by atoms with Crippen LogP contribution in [0.25, 0.3) is 11.1 Å². The Morgan fingerprint density at radius 3 is 1.62 bits per heavy atom. The van der Waals surface area contributed by atoms with Gasteiger partial charge in [0.25, 0.3) is 0 Å². The van der Waals surface area contributed by atoms with E-state index in [0.717, 1.165) is 35.0 Å². The molecule has 0 bridgehead atoms. The van der Waals surface area contributed by atoms with Crippen molar-refractivity contribution >= 4 is 26.5 Å². The van der Waals surface area contributed by atoms with Gasteiger partial charge in [-0.3, -0.25) is 4.98 Å². The Bertz CT molecular complexity index is 1500. The largest absolute Gasteiger partial charge is 0.481 e. The lowest BCUT2D eigenvalue weighted by Gasteiger charge is -2.34. The lowest BCUT2D eigenvalue weighted by atomic mass is 10.0. The fraction of sp³-hybridized carbons (Fsp3) is 0.371. The molecule has 0 saturated heterocycles. The van der Waals surface area contributed by atoms with Gasteiger partial charge in [-0.2, -0.15) is 0 Å². The summed E-state index contributed by atoms with van der Waals surface area (Å²) in [6, 6.07) is 25.4. The van der Waals surface area contributed by atoms with Crippen LogP contribution in [0.2, 0.25) is 0 Å². The molecule has 42 heavy (non-hydrogen) atoms. The van der Waals surface area contributed by atoms with Crippen molar-refractivity contribution < 1.29 is 14.2 Å². The highest BCUT2D eigenvalue weighted by atomic mass is 31.1. The van der Waals surface area contributed by atoms with Gasteiger partial charge in [-0.05, 0) is 74.0 Å². The topological polar surface area (TPSA) is 53.5 Å². The van der Waals surface area contributed by atoms with Crippen LogP contribution in [-0.4, -0.2) is 27.4 Å². The number of aryl methyl sites for hydroxylation is 1. The summed E-state index contributed by atoms with van der Waals surface area (Å²) in [6.45, 7) is 16.2. The number of hydrogen-bond donors (Lipinski definition) is 0. The Morgan fingerprint density at radius 2 is 1.14 bits per heavy atom. The molecule has 7 heteroatoms. The van der Waals surface area contributed by atoms with Crippen LogP contribution in [0.4, 0.5) is 0 Å². The lowest BCUT2D eigenvalue weighted by molar-refractivity contribution is 0.292. The number of fused-ring (bicyclic) bond motifs is 2. The lowest BCUT2D eigenvalue weighted by Crippen LogP contribution is -2.24. The average molecular weight is 599 g/mol. The maximum absolute atomic E-state index is 6.84. The molecule has 218 valence electrons. The van der Waals surface area contributed by atoms with Gasteiger partial charge in [0.05, 0.1) is 18.5 Å². The minimum atomic E-state index is -0.800. The van der Waals surface area contributed by atoms with Gasteiger partial charge in [0, 0.05) is 22.4 Å². The molecule has 4 aromatic rings. The van der Waals surface area contributed by atoms with E-state index < -0.39 is 15.8 Å². The fourth-order valence-corrected chi connectivity index (χ4v) is 12.1. The van der Waals surface area contributed by atoms with Crippen LogP contribution < -0.4 is 24.8 Å². The predicted molar refractivity (Wildman–Crippen MR) is 176 cm³/mol. The second-order valence-electron chi connectivity index (χ2n) is 12.8. The number of ether oxygens (including phenoxy) is 3. The second-order valence-corrected chi connectivity index (χ2v) is 18.8. The molecular formula is C35H40N2O3P2. The van der Waals surface area contributed by atoms with Crippen molar-refractivity contribution in [3.05, 3.63) is 89.9 Å². The first-order valence-corrected chi connectivity index (χ1v) is 17.5. The molecule has 0 N–H and O–H groups in total. The van der Waals surface area contributed by atoms with Gasteiger partial charge in [-0.15, -0.1) is 0 Å². The maximum atomic E-state index is 6.84. The average Bonchev–Trinajstić information content (AvgIpc) is 3.57. The fourth-order valence-electron chi connectivity index (χ4n) is 6.02. The molecule has 0 spiro atoms. The summed E-state index contributed by atoms with van der Waals surface area (Å²) >= 11 is 0. The molecule has 4 heterocycles. The standard InChI is InChI=1S/C35H40N2O3P2/c1-9-22-14-10-17-25(36-22)32-39-27-19-11-15-23(30(27)41(32)34(2,3)4)24-16-12-20-28-31(24)42(35(5,6)7)33(40-28)26-18-13-21-29(37-26)38-8/h10-21,32-33H,9H2,1-8H3/t32-,33-,41-,42+/m1/s1. The quantitative estimate of drug-likeness (QED) is 0.215. The van der Waals surface area contributed by atoms with E-state index in [0.29, 0.717) is 5.88 Å². The number of benzene rings is 2. The Balaban J connectivity index is 1.52. The molecule has 0 radical (unpaired) electrons. The van der Waals surface area contributed by atoms with Crippen molar-refractivity contribution in [2.45, 2.75) is 76.9 Å². The van der Waals surface area contributed by atoms with Crippen LogP contribution in [0.5, 0.6) is 17.4 Å². The minimum Gasteiger partial charge on any atom is -0.481 e. The number of nitrogens with zero attached hydrogens (tertiary/aromatic N) is 2. The van der Waals surface area contributed by atoms with Crippen molar-refractivity contribution in [1.29, 1.82) is 0 Å². The zero-order valence-electron chi connectivity index (χ0n) is 25.8. The highest BCUT2D eigenvalue weighted by Crippen LogP contribution is 2.68. The van der Waals surface area contributed by atoms with E-state index in [1.807, 2.05) is 12.1 Å². The van der Waals surface area contributed by atoms with Crippen LogP contribution in [0.1, 0.15) is 77.2 Å². The first-order valence-electron chi connectivity index (χ1n) is 14.7. The summed E-state index contributed by atoms with van der Waals surface area (Å²) < 4.78 is 19.1. The van der Waals surface area contributed by atoms with E-state index in [4.69, 9.17) is 24.2 Å². The molecule has 0 saturated carbocycles. The molecule has 0 amide bonds. The second kappa shape index (κ2) is 10.9. The van der Waals surface area contributed by atoms with Crippen molar-refractivity contribution in [2.24, 2.45) is 0 Å². The molecule has 0 fully saturated rings. The van der Waals surface area contributed by atoms with Gasteiger partial charge in [0.15, 0.2) is 11.7 Å². The Hall–Kier alpha value is -3.00. The third-order valence-corrected chi connectivity index (χ3v) is 14.3. The van der Waals surface area contributed by atoms with Crippen LogP contribution in [0, 0.1) is 0 Å². The SMILES string of the molecule is CCc1cccc([C@@H]2Oc3cccc(-c4cccc5c4[P@](C(C)(C)C)[C@H](c4cccc(OC)n4)O5)c3[P@@]2C(C)(C)C)n1. The van der Waals surface area contributed by atoms with Crippen molar-refractivity contribution in [2.75, 3.05) is 7.11 Å². The van der Waals surface area contributed by atoms with E-state index >= 15 is 0 Å². The van der Waals surface area contributed by atoms with Crippen molar-refractivity contribution in [1.82, 2.24) is 9.97 Å². The van der Waals surface area contributed by atoms with E-state index in [2.05, 4.69) is 109 Å². The Labute approximate surface area is 252 Å². The molecule has 2 aliphatic heterocycles. The first kappa shape index (κ1) is 29.1. The molecule has 4 atom stereocenters. The summed E-state index contributed by atoms with van der Waals surface area (Å²) in [7, 11) is 0.0991. The van der Waals surface area contributed by atoms with Crippen LogP contribution >= 0.6 is 15.8 Å². The molecular weight excluding hydrogens is 558 g/mol. The van der Waals surface area contributed by atoms with Gasteiger partial charge >= 0.3 is 0 Å². The van der Waals surface area contributed by atoms with Crippen LogP contribution in [0.3, 0.4) is 0 Å². The molecule has 6 rings (SSSR count). The summed E-state index contributed by atoms with van der Waals surface area (Å²) in [4.78, 5) is 9.87. The number of pyridine rings is 2. The Morgan fingerprint density at radius 1 is 0.667 bits per heavy atom. The van der Waals surface area contributed by atoms with Gasteiger partial charge in [-0.1, -0.05) is 84.9 Å². The third kappa shape index (κ3) is 5.10. The highest BCUT2D eigenvalue weighted by molar-refractivity contribution is 7.69. The monoisotopic (exact) mass is 598 g/mol. The molecule has 0 aliphatic carbocycles. The normalized spacial score (nSPS) is 21.3. The zero-order chi connectivity index (χ0) is 29.8. The molecule has 0 unspecified atom stereocenters. The smallest absolute Gasteiger partial charge is 0.213 e. The van der Waals surface area contributed by atoms with Crippen molar-refractivity contribution in [3.63, 3.8) is 0 Å². The van der Waals surface area contributed by atoms with Gasteiger partial charge in [0.1, 0.15) is 11.5 Å². The molecule has 5 nitrogen and oxygen atoms in total. The molecule has 2 aliphatic rings. The number of hydrogen-bond acceptors (Lipinski definition) is 5. The number of methoxy groups -OCH3 is 1. The summed E-state index contributed by atoms with van der Waals surface area (Å²) in [5.41, 5.74) is 5.53. The molecule has 2 aromatic carbocycles. The van der Waals surface area contributed by atoms with E-state index in [-0.39, 0.29) is 22.0 Å². The summed E-state index contributed by atoms with van der Waals surface area (Å²) in [5.74, 6) is 2.29. The number of aromatic nitrogens is 2. The Kier molecular flexibility index (Phi) is 7.57. The zero-order valence-corrected chi connectivity index (χ0v) is 27.6. The van der Waals surface area contributed by atoms with Gasteiger partial charge in [0.2, 0.25) is 5.88 Å². The summed E-state index contributed by atoms with van der Waals surface area (Å²) in [5, 5.41) is 2.61. The van der Waals surface area contributed by atoms with Crippen LogP contribution in [0.15, 0.2) is 72.8 Å². The summed E-state index contributed by atoms with van der Waals surface area (Å²) in [6.07, 6.45) is 0.905. The molecule has 2 aromatic heterocycles. The van der Waals surface area contributed by atoms with E-state index in [9.17, 15) is 0 Å². The van der Waals surface area contributed by atoms with E-state index in [1.165, 1.54) is 21.7 Å². The third-order valence-electron chi connectivity index (χ3n) is 7.81. The maximum Gasteiger partial charge on any atom is 0.213 e. The minimum absolute atomic E-state index is 0.00150.